The molecule has 0 aliphatic heterocycles. The summed E-state index contributed by atoms with van der Waals surface area (Å²) in [5.74, 6) is -0.244. The Morgan fingerprint density at radius 1 is 1.06 bits per heavy atom. The average Bonchev–Trinajstić information content (AvgIpc) is 2.34. The molecule has 0 aliphatic carbocycles. The number of esters is 1. The molecular weight excluding hydrogens is 236 g/mol. The van der Waals surface area contributed by atoms with Crippen LogP contribution in [-0.2, 0) is 23.8 Å². The lowest BCUT2D eigenvalue weighted by atomic mass is 10.2. The summed E-state index contributed by atoms with van der Waals surface area (Å²) in [6.45, 7) is 4.34. The highest BCUT2D eigenvalue weighted by Gasteiger charge is 2.08. The van der Waals surface area contributed by atoms with Gasteiger partial charge in [-0.2, -0.15) is 0 Å². The highest BCUT2D eigenvalue weighted by atomic mass is 16.6. The van der Waals surface area contributed by atoms with Gasteiger partial charge in [-0.15, -0.1) is 0 Å². The monoisotopic (exact) mass is 260 g/mol. The number of methoxy groups -OCH3 is 1. The van der Waals surface area contributed by atoms with Gasteiger partial charge in [0.25, 0.3) is 0 Å². The van der Waals surface area contributed by atoms with Gasteiger partial charge < -0.3 is 14.2 Å². The molecule has 0 heterocycles. The van der Waals surface area contributed by atoms with Gasteiger partial charge in [-0.1, -0.05) is 6.42 Å². The van der Waals surface area contributed by atoms with Crippen molar-refractivity contribution in [2.75, 3.05) is 26.9 Å². The predicted octanol–water partition coefficient (Wildman–Crippen LogP) is 1.73. The predicted molar refractivity (Wildman–Crippen MR) is 67.4 cm³/mol. The minimum absolute atomic E-state index is 0.0283. The van der Waals surface area contributed by atoms with Crippen molar-refractivity contribution in [2.45, 2.75) is 45.6 Å². The Morgan fingerprint density at radius 3 is 2.39 bits per heavy atom. The Hall–Kier alpha value is -0.940. The Labute approximate surface area is 109 Å². The molecule has 0 radical (unpaired) electrons. The number of Topliss-reactive ketones (excluding diaryl/α,β-unsaturated/α-hetero) is 1. The minimum Gasteiger partial charge on any atom is -0.463 e. The van der Waals surface area contributed by atoms with Crippen LogP contribution in [0.15, 0.2) is 0 Å². The molecule has 0 aromatic rings. The van der Waals surface area contributed by atoms with Gasteiger partial charge in [-0.05, 0) is 26.7 Å². The number of carbonyl (C=O) groups excluding carboxylic acids is 2. The number of rotatable bonds is 11. The first kappa shape index (κ1) is 17.1. The van der Waals surface area contributed by atoms with Gasteiger partial charge in [0.2, 0.25) is 0 Å². The van der Waals surface area contributed by atoms with E-state index in [-0.39, 0.29) is 25.0 Å². The summed E-state index contributed by atoms with van der Waals surface area (Å²) in [6, 6.07) is 0. The summed E-state index contributed by atoms with van der Waals surface area (Å²) in [7, 11) is 1.66. The van der Waals surface area contributed by atoms with Crippen molar-refractivity contribution >= 4 is 11.8 Å². The van der Waals surface area contributed by atoms with E-state index in [4.69, 9.17) is 14.2 Å². The lowest BCUT2D eigenvalue weighted by Gasteiger charge is -2.09. The first-order chi connectivity index (χ1) is 8.57. The van der Waals surface area contributed by atoms with Crippen LogP contribution in [0.5, 0.6) is 0 Å². The van der Waals surface area contributed by atoms with E-state index in [9.17, 15) is 9.59 Å². The van der Waals surface area contributed by atoms with Crippen LogP contribution < -0.4 is 0 Å². The van der Waals surface area contributed by atoms with Crippen LogP contribution in [0.1, 0.15) is 39.5 Å². The van der Waals surface area contributed by atoms with E-state index in [1.165, 1.54) is 6.92 Å². The number of hydrogen-bond acceptors (Lipinski definition) is 5. The standard InChI is InChI=1S/C13H24O5/c1-11(14)12(2)17-9-10-18-13(15)7-5-4-6-8-16-3/h12H,4-10H2,1-3H3. The zero-order valence-corrected chi connectivity index (χ0v) is 11.6. The average molecular weight is 260 g/mol. The fourth-order valence-electron chi connectivity index (χ4n) is 1.26. The van der Waals surface area contributed by atoms with E-state index in [1.807, 2.05) is 0 Å². The highest BCUT2D eigenvalue weighted by Crippen LogP contribution is 2.01. The van der Waals surface area contributed by atoms with Crippen molar-refractivity contribution in [3.8, 4) is 0 Å². The maximum atomic E-state index is 11.3. The Morgan fingerprint density at radius 2 is 1.78 bits per heavy atom. The molecule has 0 fully saturated rings. The van der Waals surface area contributed by atoms with Gasteiger partial charge in [0, 0.05) is 20.1 Å². The van der Waals surface area contributed by atoms with Crippen LogP contribution in [0.25, 0.3) is 0 Å². The number of carbonyl (C=O) groups is 2. The molecule has 0 aromatic heterocycles. The van der Waals surface area contributed by atoms with Crippen molar-refractivity contribution in [2.24, 2.45) is 0 Å². The molecule has 5 nitrogen and oxygen atoms in total. The fraction of sp³-hybridized carbons (Fsp3) is 0.846. The minimum atomic E-state index is -0.433. The van der Waals surface area contributed by atoms with Gasteiger partial charge in [-0.3, -0.25) is 9.59 Å². The zero-order valence-electron chi connectivity index (χ0n) is 11.6. The van der Waals surface area contributed by atoms with E-state index in [1.54, 1.807) is 14.0 Å². The smallest absolute Gasteiger partial charge is 0.305 e. The van der Waals surface area contributed by atoms with Crippen LogP contribution in [0.3, 0.4) is 0 Å². The molecule has 1 atom stereocenters. The van der Waals surface area contributed by atoms with E-state index in [2.05, 4.69) is 0 Å². The van der Waals surface area contributed by atoms with Gasteiger partial charge in [-0.25, -0.2) is 0 Å². The SMILES string of the molecule is COCCCCCC(=O)OCCOC(C)C(C)=O. The third-order valence-corrected chi connectivity index (χ3v) is 2.52. The van der Waals surface area contributed by atoms with Crippen molar-refractivity contribution in [3.63, 3.8) is 0 Å². The number of hydrogen-bond donors (Lipinski definition) is 0. The molecule has 5 heteroatoms. The van der Waals surface area contributed by atoms with Crippen LogP contribution >= 0.6 is 0 Å². The maximum absolute atomic E-state index is 11.3. The number of unbranched alkanes of at least 4 members (excludes halogenated alkanes) is 2. The molecule has 1 unspecified atom stereocenters. The lowest BCUT2D eigenvalue weighted by Crippen LogP contribution is -2.20. The van der Waals surface area contributed by atoms with Gasteiger partial charge in [0.1, 0.15) is 12.7 Å². The third kappa shape index (κ3) is 10.2. The summed E-state index contributed by atoms with van der Waals surface area (Å²) in [6.07, 6.45) is 2.72. The molecule has 0 rings (SSSR count). The number of ketones is 1. The molecule has 0 saturated heterocycles. The quantitative estimate of drug-likeness (QED) is 0.418. The normalized spacial score (nSPS) is 12.2. The van der Waals surface area contributed by atoms with Crippen LogP contribution in [0.2, 0.25) is 0 Å². The largest absolute Gasteiger partial charge is 0.463 e. The van der Waals surface area contributed by atoms with Crippen LogP contribution in [-0.4, -0.2) is 44.8 Å². The summed E-state index contributed by atoms with van der Waals surface area (Å²) >= 11 is 0. The van der Waals surface area contributed by atoms with E-state index >= 15 is 0 Å². The van der Waals surface area contributed by atoms with E-state index in [0.717, 1.165) is 25.9 Å². The van der Waals surface area contributed by atoms with E-state index < -0.39 is 6.10 Å². The summed E-state index contributed by atoms with van der Waals surface area (Å²) < 4.78 is 15.1. The molecule has 0 N–H and O–H groups in total. The summed E-state index contributed by atoms with van der Waals surface area (Å²) in [4.78, 5) is 22.1. The molecule has 0 aliphatic rings. The van der Waals surface area contributed by atoms with Crippen molar-refractivity contribution in [1.29, 1.82) is 0 Å². The molecule has 0 spiro atoms. The molecule has 0 amide bonds. The molecule has 0 aromatic carbocycles. The first-order valence-electron chi connectivity index (χ1n) is 6.34. The first-order valence-corrected chi connectivity index (χ1v) is 6.34. The second-order valence-corrected chi connectivity index (χ2v) is 4.15. The van der Waals surface area contributed by atoms with Crippen molar-refractivity contribution in [1.82, 2.24) is 0 Å². The molecule has 106 valence electrons. The van der Waals surface area contributed by atoms with Crippen LogP contribution in [0, 0.1) is 0 Å². The Kier molecular flexibility index (Phi) is 10.6. The van der Waals surface area contributed by atoms with Gasteiger partial charge >= 0.3 is 5.97 Å². The molecule has 0 saturated carbocycles. The maximum Gasteiger partial charge on any atom is 0.305 e. The zero-order chi connectivity index (χ0) is 13.8. The van der Waals surface area contributed by atoms with E-state index in [0.29, 0.717) is 6.42 Å². The molecule has 0 bridgehead atoms. The fourth-order valence-corrected chi connectivity index (χ4v) is 1.26. The van der Waals surface area contributed by atoms with Gasteiger partial charge in [0.05, 0.1) is 6.61 Å². The highest BCUT2D eigenvalue weighted by molar-refractivity contribution is 5.79. The third-order valence-electron chi connectivity index (χ3n) is 2.52. The second-order valence-electron chi connectivity index (χ2n) is 4.15. The van der Waals surface area contributed by atoms with Gasteiger partial charge in [0.15, 0.2) is 5.78 Å². The van der Waals surface area contributed by atoms with Crippen LogP contribution in [0.4, 0.5) is 0 Å². The van der Waals surface area contributed by atoms with Crippen molar-refractivity contribution in [3.05, 3.63) is 0 Å². The topological polar surface area (TPSA) is 61.8 Å². The molecule has 18 heavy (non-hydrogen) atoms. The Bertz CT molecular complexity index is 240. The Balaban J connectivity index is 3.34. The lowest BCUT2D eigenvalue weighted by molar-refractivity contribution is -0.146. The van der Waals surface area contributed by atoms with Crippen molar-refractivity contribution < 1.29 is 23.8 Å². The number of ether oxygens (including phenoxy) is 3. The summed E-state index contributed by atoms with van der Waals surface area (Å²) in [5.41, 5.74) is 0. The molecular formula is C13H24O5. The summed E-state index contributed by atoms with van der Waals surface area (Å²) in [5, 5.41) is 0. The second kappa shape index (κ2) is 11.2.